The van der Waals surface area contributed by atoms with Crippen LogP contribution in [0.3, 0.4) is 0 Å². The van der Waals surface area contributed by atoms with E-state index in [2.05, 4.69) is 4.74 Å². The molecule has 0 spiro atoms. The molecular weight excluding hydrogens is 326 g/mol. The van der Waals surface area contributed by atoms with E-state index >= 15 is 0 Å². The monoisotopic (exact) mass is 337 g/mol. The summed E-state index contributed by atoms with van der Waals surface area (Å²) < 4.78 is 5.41. The second-order valence-electron chi connectivity index (χ2n) is 4.50. The van der Waals surface area contributed by atoms with Crippen LogP contribution in [-0.2, 0) is 11.3 Å². The molecule has 2 amide bonds. The fraction of sp³-hybridized carbons (Fsp3) is 0.143. The number of ether oxygens (including phenoxy) is 1. The van der Waals surface area contributed by atoms with Gasteiger partial charge in [0.1, 0.15) is 5.56 Å². The van der Waals surface area contributed by atoms with Gasteiger partial charge in [-0.1, -0.05) is 23.7 Å². The standard InChI is InChI=1S/C14H12ClN3O5/c1-23-14(22)17-12(20)10-7-18(13(21)16-11(10)19)6-8-2-4-9(15)5-3-8/h2-5,7H,6H2,1H3,(H,16,19,21)(H,17,20,22). The molecule has 9 heteroatoms. The van der Waals surface area contributed by atoms with Crippen LogP contribution in [0.1, 0.15) is 15.9 Å². The quantitative estimate of drug-likeness (QED) is 0.858. The highest BCUT2D eigenvalue weighted by Gasteiger charge is 2.16. The molecule has 0 saturated heterocycles. The van der Waals surface area contributed by atoms with Crippen LogP contribution in [0.4, 0.5) is 4.79 Å². The summed E-state index contributed by atoms with van der Waals surface area (Å²) >= 11 is 5.78. The number of hydrogen-bond donors (Lipinski definition) is 2. The van der Waals surface area contributed by atoms with Gasteiger partial charge in [0.2, 0.25) is 0 Å². The molecule has 8 nitrogen and oxygen atoms in total. The number of methoxy groups -OCH3 is 1. The number of halogens is 1. The van der Waals surface area contributed by atoms with Crippen LogP contribution in [-0.4, -0.2) is 28.7 Å². The lowest BCUT2D eigenvalue weighted by Crippen LogP contribution is -2.39. The third-order valence-corrected chi connectivity index (χ3v) is 3.17. The summed E-state index contributed by atoms with van der Waals surface area (Å²) in [5.41, 5.74) is -1.23. The number of nitrogens with zero attached hydrogens (tertiary/aromatic N) is 1. The van der Waals surface area contributed by atoms with Crippen LogP contribution < -0.4 is 16.6 Å². The summed E-state index contributed by atoms with van der Waals surface area (Å²) in [6.07, 6.45) is 0.0680. The second-order valence-corrected chi connectivity index (χ2v) is 4.94. The molecule has 2 rings (SSSR count). The van der Waals surface area contributed by atoms with Crippen molar-refractivity contribution in [2.45, 2.75) is 6.54 Å². The molecule has 1 heterocycles. The van der Waals surface area contributed by atoms with Crippen LogP contribution in [0.2, 0.25) is 5.02 Å². The maximum atomic E-state index is 11.8. The molecule has 1 aromatic heterocycles. The number of alkyl carbamates (subject to hydrolysis) is 1. The van der Waals surface area contributed by atoms with Crippen LogP contribution >= 0.6 is 11.6 Å². The van der Waals surface area contributed by atoms with Gasteiger partial charge in [0.15, 0.2) is 0 Å². The van der Waals surface area contributed by atoms with Gasteiger partial charge >= 0.3 is 11.8 Å². The third kappa shape index (κ3) is 4.07. The van der Waals surface area contributed by atoms with E-state index in [1.807, 2.05) is 10.3 Å². The molecule has 120 valence electrons. The number of carbonyl (C=O) groups is 2. The number of aromatic nitrogens is 2. The third-order valence-electron chi connectivity index (χ3n) is 2.92. The molecule has 0 saturated carbocycles. The van der Waals surface area contributed by atoms with Crippen LogP contribution in [0.15, 0.2) is 40.1 Å². The maximum absolute atomic E-state index is 11.8. The van der Waals surface area contributed by atoms with Gasteiger partial charge in [-0.3, -0.25) is 24.5 Å². The largest absolute Gasteiger partial charge is 0.453 e. The van der Waals surface area contributed by atoms with Crippen molar-refractivity contribution in [3.8, 4) is 0 Å². The second kappa shape index (κ2) is 6.93. The van der Waals surface area contributed by atoms with E-state index in [9.17, 15) is 19.2 Å². The topological polar surface area (TPSA) is 110 Å². The van der Waals surface area contributed by atoms with Gasteiger partial charge in [0, 0.05) is 11.2 Å². The Kier molecular flexibility index (Phi) is 4.97. The summed E-state index contributed by atoms with van der Waals surface area (Å²) in [4.78, 5) is 48.4. The lowest BCUT2D eigenvalue weighted by atomic mass is 10.2. The Hall–Kier alpha value is -2.87. The SMILES string of the molecule is COC(=O)NC(=O)c1cn(Cc2ccc(Cl)cc2)c(=O)[nH]c1=O. The first-order valence-electron chi connectivity index (χ1n) is 6.38. The molecule has 0 aliphatic rings. The summed E-state index contributed by atoms with van der Waals surface area (Å²) in [5, 5.41) is 2.39. The number of amides is 2. The van der Waals surface area contributed by atoms with Crippen LogP contribution in [0.5, 0.6) is 0 Å². The van der Waals surface area contributed by atoms with Crippen molar-refractivity contribution in [3.05, 3.63) is 67.4 Å². The molecule has 2 aromatic rings. The predicted molar refractivity (Wildman–Crippen MR) is 81.7 cm³/mol. The maximum Gasteiger partial charge on any atom is 0.413 e. The van der Waals surface area contributed by atoms with Crippen molar-refractivity contribution in [3.63, 3.8) is 0 Å². The van der Waals surface area contributed by atoms with E-state index in [0.29, 0.717) is 5.02 Å². The molecule has 0 aliphatic carbocycles. The smallest absolute Gasteiger partial charge is 0.413 e. The number of imide groups is 1. The van der Waals surface area contributed by atoms with Crippen LogP contribution in [0.25, 0.3) is 0 Å². The van der Waals surface area contributed by atoms with E-state index in [0.717, 1.165) is 23.4 Å². The number of nitrogens with one attached hydrogen (secondary N) is 2. The van der Waals surface area contributed by atoms with Crippen molar-refractivity contribution < 1.29 is 14.3 Å². The zero-order chi connectivity index (χ0) is 17.0. The van der Waals surface area contributed by atoms with Crippen molar-refractivity contribution in [1.29, 1.82) is 0 Å². The fourth-order valence-electron chi connectivity index (χ4n) is 1.79. The van der Waals surface area contributed by atoms with Crippen molar-refractivity contribution in [2.75, 3.05) is 7.11 Å². The Morgan fingerprint density at radius 3 is 2.52 bits per heavy atom. The minimum absolute atomic E-state index is 0.116. The molecule has 0 radical (unpaired) electrons. The first-order valence-corrected chi connectivity index (χ1v) is 6.76. The van der Waals surface area contributed by atoms with Crippen molar-refractivity contribution in [1.82, 2.24) is 14.9 Å². The Bertz CT molecular complexity index is 854. The van der Waals surface area contributed by atoms with E-state index in [1.54, 1.807) is 24.3 Å². The number of hydrogen-bond acceptors (Lipinski definition) is 5. The van der Waals surface area contributed by atoms with E-state index in [4.69, 9.17) is 11.6 Å². The first-order chi connectivity index (χ1) is 10.9. The minimum atomic E-state index is -1.01. The molecule has 0 fully saturated rings. The highest BCUT2D eigenvalue weighted by Crippen LogP contribution is 2.10. The highest BCUT2D eigenvalue weighted by molar-refractivity contribution is 6.30. The Labute approximate surface area is 134 Å². The molecule has 23 heavy (non-hydrogen) atoms. The van der Waals surface area contributed by atoms with Gasteiger partial charge < -0.3 is 4.74 Å². The first kappa shape index (κ1) is 16.5. The average Bonchev–Trinajstić information content (AvgIpc) is 2.51. The van der Waals surface area contributed by atoms with E-state index in [1.165, 1.54) is 0 Å². The van der Waals surface area contributed by atoms with Gasteiger partial charge in [0.05, 0.1) is 13.7 Å². The average molecular weight is 338 g/mol. The van der Waals surface area contributed by atoms with Gasteiger partial charge in [-0.2, -0.15) is 0 Å². The molecular formula is C14H12ClN3O5. The number of carbonyl (C=O) groups excluding carboxylic acids is 2. The Morgan fingerprint density at radius 2 is 1.91 bits per heavy atom. The van der Waals surface area contributed by atoms with Crippen LogP contribution in [0, 0.1) is 0 Å². The molecule has 0 aliphatic heterocycles. The van der Waals surface area contributed by atoms with Gasteiger partial charge in [-0.05, 0) is 17.7 Å². The summed E-state index contributed by atoms with van der Waals surface area (Å²) in [7, 11) is 1.08. The van der Waals surface area contributed by atoms with E-state index in [-0.39, 0.29) is 12.1 Å². The van der Waals surface area contributed by atoms with Gasteiger partial charge in [-0.25, -0.2) is 9.59 Å². The Morgan fingerprint density at radius 1 is 1.26 bits per heavy atom. The van der Waals surface area contributed by atoms with Crippen molar-refractivity contribution in [2.24, 2.45) is 0 Å². The van der Waals surface area contributed by atoms with Gasteiger partial charge in [-0.15, -0.1) is 0 Å². The van der Waals surface area contributed by atoms with Crippen molar-refractivity contribution >= 4 is 23.6 Å². The number of rotatable bonds is 3. The summed E-state index contributed by atoms with van der Waals surface area (Å²) in [5.74, 6) is -0.969. The molecule has 0 atom stereocenters. The zero-order valence-corrected chi connectivity index (χ0v) is 12.7. The molecule has 0 bridgehead atoms. The molecule has 2 N–H and O–H groups in total. The van der Waals surface area contributed by atoms with Gasteiger partial charge in [0.25, 0.3) is 11.5 Å². The number of benzene rings is 1. The predicted octanol–water partition coefficient (Wildman–Crippen LogP) is 0.734. The minimum Gasteiger partial charge on any atom is -0.453 e. The fourth-order valence-corrected chi connectivity index (χ4v) is 1.91. The Balaban J connectivity index is 2.34. The summed E-state index contributed by atoms with van der Waals surface area (Å²) in [6, 6.07) is 6.71. The summed E-state index contributed by atoms with van der Waals surface area (Å²) in [6.45, 7) is 0.116. The lowest BCUT2D eigenvalue weighted by Gasteiger charge is -2.08. The lowest BCUT2D eigenvalue weighted by molar-refractivity contribution is 0.0934. The molecule has 1 aromatic carbocycles. The number of aromatic amines is 1. The van der Waals surface area contributed by atoms with E-state index < -0.39 is 23.2 Å². The molecule has 0 unspecified atom stereocenters. The number of H-pyrrole nitrogens is 1. The zero-order valence-electron chi connectivity index (χ0n) is 12.0. The normalized spacial score (nSPS) is 10.2. The highest BCUT2D eigenvalue weighted by atomic mass is 35.5.